The lowest BCUT2D eigenvalue weighted by Gasteiger charge is -2.34. The van der Waals surface area contributed by atoms with Crippen molar-refractivity contribution in [2.75, 3.05) is 26.2 Å². The van der Waals surface area contributed by atoms with Gasteiger partial charge in [-0.2, -0.15) is 4.31 Å². The maximum Gasteiger partial charge on any atom is 0.243 e. The van der Waals surface area contributed by atoms with Crippen molar-refractivity contribution in [2.45, 2.75) is 44.0 Å². The molecule has 0 spiro atoms. The number of benzene rings is 2. The molecule has 170 valence electrons. The van der Waals surface area contributed by atoms with Crippen molar-refractivity contribution in [3.8, 4) is 0 Å². The number of fused-ring (bicyclic) bond motifs is 1. The molecule has 0 atom stereocenters. The van der Waals surface area contributed by atoms with Crippen molar-refractivity contribution in [3.63, 3.8) is 0 Å². The predicted octanol–water partition coefficient (Wildman–Crippen LogP) is 3.26. The lowest BCUT2D eigenvalue weighted by molar-refractivity contribution is -0.132. The summed E-state index contributed by atoms with van der Waals surface area (Å²) in [4.78, 5) is 19.1. The van der Waals surface area contributed by atoms with Crippen LogP contribution in [0.15, 0.2) is 59.8 Å². The zero-order valence-electron chi connectivity index (χ0n) is 18.9. The molecule has 7 nitrogen and oxygen atoms in total. The van der Waals surface area contributed by atoms with Crippen LogP contribution in [0.25, 0.3) is 11.0 Å². The Morgan fingerprint density at radius 2 is 1.62 bits per heavy atom. The van der Waals surface area contributed by atoms with E-state index in [-0.39, 0.29) is 11.3 Å². The third kappa shape index (κ3) is 4.56. The fraction of sp³-hybridized carbons (Fsp3) is 0.417. The second-order valence-corrected chi connectivity index (χ2v) is 11.2. The normalized spacial score (nSPS) is 15.9. The van der Waals surface area contributed by atoms with Crippen molar-refractivity contribution in [1.82, 2.24) is 18.8 Å². The smallest absolute Gasteiger partial charge is 0.243 e. The fourth-order valence-corrected chi connectivity index (χ4v) is 5.44. The molecule has 1 saturated heterocycles. The van der Waals surface area contributed by atoms with Gasteiger partial charge in [0.25, 0.3) is 0 Å². The third-order valence-corrected chi connectivity index (χ3v) is 7.96. The van der Waals surface area contributed by atoms with Gasteiger partial charge in [-0.1, -0.05) is 45.0 Å². The molecule has 0 radical (unpaired) electrons. The van der Waals surface area contributed by atoms with Crippen molar-refractivity contribution in [1.29, 1.82) is 0 Å². The van der Waals surface area contributed by atoms with Crippen molar-refractivity contribution < 1.29 is 13.2 Å². The highest BCUT2D eigenvalue weighted by Gasteiger charge is 2.30. The predicted molar refractivity (Wildman–Crippen MR) is 125 cm³/mol. The van der Waals surface area contributed by atoms with Gasteiger partial charge in [0.15, 0.2) is 0 Å². The number of aryl methyl sites for hydroxylation is 1. The Morgan fingerprint density at radius 3 is 2.28 bits per heavy atom. The van der Waals surface area contributed by atoms with Crippen LogP contribution in [0.4, 0.5) is 0 Å². The molecular formula is C24H30N4O3S. The summed E-state index contributed by atoms with van der Waals surface area (Å²) in [5.74, 6) is 0.0364. The van der Waals surface area contributed by atoms with Crippen LogP contribution < -0.4 is 0 Å². The molecule has 1 amide bonds. The molecule has 0 unspecified atom stereocenters. The number of para-hydroxylation sites is 2. The summed E-state index contributed by atoms with van der Waals surface area (Å²) in [5.41, 5.74) is 2.98. The molecule has 8 heteroatoms. The van der Waals surface area contributed by atoms with Gasteiger partial charge in [0, 0.05) is 39.1 Å². The molecule has 4 rings (SSSR count). The summed E-state index contributed by atoms with van der Waals surface area (Å²) in [7, 11) is -3.56. The highest BCUT2D eigenvalue weighted by molar-refractivity contribution is 7.89. The average molecular weight is 455 g/mol. The molecular weight excluding hydrogens is 424 g/mol. The first-order chi connectivity index (χ1) is 15.2. The van der Waals surface area contributed by atoms with Gasteiger partial charge in [-0.05, 0) is 35.2 Å². The molecule has 0 N–H and O–H groups in total. The van der Waals surface area contributed by atoms with E-state index in [9.17, 15) is 13.2 Å². The lowest BCUT2D eigenvalue weighted by atomic mass is 9.87. The number of hydrogen-bond acceptors (Lipinski definition) is 4. The Kier molecular flexibility index (Phi) is 6.09. The summed E-state index contributed by atoms with van der Waals surface area (Å²) in [6, 6.07) is 15.0. The number of amides is 1. The highest BCUT2D eigenvalue weighted by atomic mass is 32.2. The van der Waals surface area contributed by atoms with Crippen LogP contribution in [0.1, 0.15) is 32.8 Å². The summed E-state index contributed by atoms with van der Waals surface area (Å²) in [5, 5.41) is 0. The Hall–Kier alpha value is -2.71. The molecule has 2 heterocycles. The summed E-state index contributed by atoms with van der Waals surface area (Å²) in [6.45, 7) is 8.28. The minimum absolute atomic E-state index is 0.0305. The third-order valence-electron chi connectivity index (χ3n) is 6.04. The van der Waals surface area contributed by atoms with E-state index in [0.717, 1.165) is 16.6 Å². The maximum atomic E-state index is 13.0. The van der Waals surface area contributed by atoms with E-state index in [1.807, 2.05) is 41.0 Å². The Balaban J connectivity index is 1.34. The molecule has 1 aliphatic heterocycles. The number of piperazine rings is 1. The maximum absolute atomic E-state index is 13.0. The molecule has 3 aromatic rings. The van der Waals surface area contributed by atoms with Crippen molar-refractivity contribution in [2.24, 2.45) is 0 Å². The zero-order valence-corrected chi connectivity index (χ0v) is 19.7. The largest absolute Gasteiger partial charge is 0.340 e. The Morgan fingerprint density at radius 1 is 0.969 bits per heavy atom. The molecule has 1 fully saturated rings. The lowest BCUT2D eigenvalue weighted by Crippen LogP contribution is -2.50. The fourth-order valence-electron chi connectivity index (χ4n) is 4.02. The van der Waals surface area contributed by atoms with Gasteiger partial charge in [-0.15, -0.1) is 0 Å². The van der Waals surface area contributed by atoms with E-state index in [4.69, 9.17) is 0 Å². The van der Waals surface area contributed by atoms with Crippen LogP contribution in [0.5, 0.6) is 0 Å². The number of nitrogens with zero attached hydrogens (tertiary/aromatic N) is 4. The van der Waals surface area contributed by atoms with E-state index in [0.29, 0.717) is 44.0 Å². The first-order valence-electron chi connectivity index (χ1n) is 10.9. The highest BCUT2D eigenvalue weighted by Crippen LogP contribution is 2.25. The van der Waals surface area contributed by atoms with Crippen LogP contribution in [0, 0.1) is 0 Å². The van der Waals surface area contributed by atoms with Crippen LogP contribution in [0.3, 0.4) is 0 Å². The molecule has 32 heavy (non-hydrogen) atoms. The Bertz CT molecular complexity index is 1200. The monoisotopic (exact) mass is 454 g/mol. The van der Waals surface area contributed by atoms with Gasteiger partial charge in [0.1, 0.15) is 0 Å². The van der Waals surface area contributed by atoms with E-state index in [2.05, 4.69) is 25.8 Å². The van der Waals surface area contributed by atoms with E-state index >= 15 is 0 Å². The molecule has 1 aromatic heterocycles. The molecule has 0 bridgehead atoms. The van der Waals surface area contributed by atoms with Gasteiger partial charge in [0.05, 0.1) is 22.3 Å². The average Bonchev–Trinajstić information content (AvgIpc) is 3.20. The minimum atomic E-state index is -3.56. The van der Waals surface area contributed by atoms with Crippen molar-refractivity contribution in [3.05, 3.63) is 60.4 Å². The van der Waals surface area contributed by atoms with Gasteiger partial charge in [-0.3, -0.25) is 4.79 Å². The van der Waals surface area contributed by atoms with Crippen LogP contribution >= 0.6 is 0 Å². The van der Waals surface area contributed by atoms with E-state index < -0.39 is 10.0 Å². The van der Waals surface area contributed by atoms with Crippen LogP contribution in [-0.2, 0) is 26.8 Å². The molecule has 0 aliphatic carbocycles. The van der Waals surface area contributed by atoms with Crippen LogP contribution in [-0.4, -0.2) is 59.3 Å². The molecule has 2 aromatic carbocycles. The SMILES string of the molecule is CC(C)(C)c1ccc(S(=O)(=O)N2CCN(C(=O)CCn3cnc4ccccc43)CC2)cc1. The van der Waals surface area contributed by atoms with E-state index in [1.165, 1.54) is 4.31 Å². The first-order valence-corrected chi connectivity index (χ1v) is 12.4. The van der Waals surface area contributed by atoms with Gasteiger partial charge in [-0.25, -0.2) is 13.4 Å². The summed E-state index contributed by atoms with van der Waals surface area (Å²) < 4.78 is 29.5. The first kappa shape index (κ1) is 22.5. The van der Waals surface area contributed by atoms with Gasteiger partial charge >= 0.3 is 0 Å². The number of carbonyl (C=O) groups is 1. The topological polar surface area (TPSA) is 75.5 Å². The molecule has 0 saturated carbocycles. The second kappa shape index (κ2) is 8.67. The molecule has 1 aliphatic rings. The van der Waals surface area contributed by atoms with E-state index in [1.54, 1.807) is 23.4 Å². The number of aromatic nitrogens is 2. The quantitative estimate of drug-likeness (QED) is 0.593. The standard InChI is InChI=1S/C24H30N4O3S/c1-24(2,3)19-8-10-20(11-9-19)32(30,31)28-16-14-26(15-17-28)23(29)12-13-27-18-25-21-6-4-5-7-22(21)27/h4-11,18H,12-17H2,1-3H3. The number of hydrogen-bond donors (Lipinski definition) is 0. The number of rotatable bonds is 5. The van der Waals surface area contributed by atoms with Gasteiger partial charge in [0.2, 0.25) is 15.9 Å². The number of carbonyl (C=O) groups excluding carboxylic acids is 1. The number of imidazole rings is 1. The van der Waals surface area contributed by atoms with Gasteiger partial charge < -0.3 is 9.47 Å². The Labute approximate surface area is 189 Å². The van der Waals surface area contributed by atoms with Crippen LogP contribution in [0.2, 0.25) is 0 Å². The summed E-state index contributed by atoms with van der Waals surface area (Å²) >= 11 is 0. The number of sulfonamides is 1. The summed E-state index contributed by atoms with van der Waals surface area (Å²) in [6.07, 6.45) is 2.12. The van der Waals surface area contributed by atoms with Crippen molar-refractivity contribution >= 4 is 27.0 Å². The zero-order chi connectivity index (χ0) is 22.9. The minimum Gasteiger partial charge on any atom is -0.340 e. The second-order valence-electron chi connectivity index (χ2n) is 9.24.